The summed E-state index contributed by atoms with van der Waals surface area (Å²) in [7, 11) is 0. The largest absolute Gasteiger partial charge is 0.441 e. The molecule has 1 N–H and O–H groups in total. The fourth-order valence-electron chi connectivity index (χ4n) is 2.67. The number of carbonyl (C=O) groups excluding carboxylic acids is 1. The van der Waals surface area contributed by atoms with Crippen LogP contribution in [0.5, 0.6) is 0 Å². The summed E-state index contributed by atoms with van der Waals surface area (Å²) < 4.78 is 7.55. The van der Waals surface area contributed by atoms with Gasteiger partial charge < -0.3 is 14.3 Å². The Morgan fingerprint density at radius 3 is 2.88 bits per heavy atom. The molecular formula is C19H22N4O2. The summed E-state index contributed by atoms with van der Waals surface area (Å²) in [5, 5.41) is 2.93. The number of imidazole rings is 1. The van der Waals surface area contributed by atoms with Crippen LogP contribution in [0.15, 0.2) is 47.3 Å². The lowest BCUT2D eigenvalue weighted by atomic mass is 10.2. The molecule has 25 heavy (non-hydrogen) atoms. The summed E-state index contributed by atoms with van der Waals surface area (Å²) >= 11 is 0. The molecule has 1 amide bonds. The molecule has 6 heteroatoms. The highest BCUT2D eigenvalue weighted by Crippen LogP contribution is 2.22. The van der Waals surface area contributed by atoms with E-state index in [-0.39, 0.29) is 5.91 Å². The standard InChI is InChI=1S/C19H22N4O2/c1-13(2)18-20-8-10-23(18)9-7-17(24)22-16-6-4-5-15(11-16)19-21-12-14(3)25-19/h4-6,8,10-13H,7,9H2,1-3H3,(H,22,24). The molecule has 1 aromatic carbocycles. The van der Waals surface area contributed by atoms with E-state index in [1.165, 1.54) is 0 Å². The second-order valence-electron chi connectivity index (χ2n) is 6.29. The van der Waals surface area contributed by atoms with Crippen LogP contribution in [-0.4, -0.2) is 20.4 Å². The van der Waals surface area contributed by atoms with E-state index in [1.54, 1.807) is 12.4 Å². The summed E-state index contributed by atoms with van der Waals surface area (Å²) in [5.41, 5.74) is 1.57. The van der Waals surface area contributed by atoms with Crippen LogP contribution in [0.4, 0.5) is 5.69 Å². The fourth-order valence-corrected chi connectivity index (χ4v) is 2.67. The molecular weight excluding hydrogens is 316 g/mol. The van der Waals surface area contributed by atoms with E-state index < -0.39 is 0 Å². The number of oxazole rings is 1. The SMILES string of the molecule is Cc1cnc(-c2cccc(NC(=O)CCn3ccnc3C(C)C)c2)o1. The van der Waals surface area contributed by atoms with Crippen LogP contribution >= 0.6 is 0 Å². The highest BCUT2D eigenvalue weighted by molar-refractivity contribution is 5.91. The molecule has 0 atom stereocenters. The second kappa shape index (κ2) is 7.34. The van der Waals surface area contributed by atoms with Gasteiger partial charge in [0.15, 0.2) is 0 Å². The zero-order chi connectivity index (χ0) is 17.8. The maximum absolute atomic E-state index is 12.3. The van der Waals surface area contributed by atoms with E-state index >= 15 is 0 Å². The van der Waals surface area contributed by atoms with Gasteiger partial charge >= 0.3 is 0 Å². The highest BCUT2D eigenvalue weighted by atomic mass is 16.4. The third-order valence-electron chi connectivity index (χ3n) is 3.86. The number of aryl methyl sites for hydroxylation is 2. The molecule has 0 spiro atoms. The van der Waals surface area contributed by atoms with Crippen LogP contribution in [0.2, 0.25) is 0 Å². The van der Waals surface area contributed by atoms with Gasteiger partial charge in [0, 0.05) is 42.5 Å². The Hall–Kier alpha value is -2.89. The number of carbonyl (C=O) groups is 1. The van der Waals surface area contributed by atoms with Gasteiger partial charge in [0.1, 0.15) is 11.6 Å². The van der Waals surface area contributed by atoms with E-state index in [0.29, 0.717) is 24.8 Å². The summed E-state index contributed by atoms with van der Waals surface area (Å²) in [6.07, 6.45) is 5.75. The van der Waals surface area contributed by atoms with E-state index in [4.69, 9.17) is 4.42 Å². The van der Waals surface area contributed by atoms with E-state index in [1.807, 2.05) is 42.0 Å². The molecule has 0 saturated heterocycles. The minimum absolute atomic E-state index is 0.0378. The van der Waals surface area contributed by atoms with Crippen LogP contribution in [0.1, 0.15) is 37.8 Å². The Morgan fingerprint density at radius 1 is 1.32 bits per heavy atom. The summed E-state index contributed by atoms with van der Waals surface area (Å²) in [6, 6.07) is 7.49. The van der Waals surface area contributed by atoms with Crippen molar-refractivity contribution in [2.45, 2.75) is 39.7 Å². The molecule has 0 unspecified atom stereocenters. The fraction of sp³-hybridized carbons (Fsp3) is 0.316. The molecule has 3 rings (SSSR count). The molecule has 0 fully saturated rings. The molecule has 0 aliphatic carbocycles. The van der Waals surface area contributed by atoms with Crippen LogP contribution in [0, 0.1) is 6.92 Å². The molecule has 130 valence electrons. The number of anilines is 1. The van der Waals surface area contributed by atoms with Gasteiger partial charge in [-0.25, -0.2) is 9.97 Å². The van der Waals surface area contributed by atoms with Crippen molar-refractivity contribution in [3.63, 3.8) is 0 Å². The Labute approximate surface area is 146 Å². The van der Waals surface area contributed by atoms with Crippen LogP contribution in [0.25, 0.3) is 11.5 Å². The monoisotopic (exact) mass is 338 g/mol. The summed E-state index contributed by atoms with van der Waals surface area (Å²) in [6.45, 7) is 6.64. The number of nitrogens with one attached hydrogen (secondary N) is 1. The quantitative estimate of drug-likeness (QED) is 0.737. The van der Waals surface area contributed by atoms with Gasteiger partial charge in [-0.05, 0) is 25.1 Å². The minimum Gasteiger partial charge on any atom is -0.441 e. The number of benzene rings is 1. The Kier molecular flexibility index (Phi) is 4.97. The van der Waals surface area contributed by atoms with E-state index in [0.717, 1.165) is 22.8 Å². The first-order chi connectivity index (χ1) is 12.0. The van der Waals surface area contributed by atoms with Crippen LogP contribution < -0.4 is 5.32 Å². The van der Waals surface area contributed by atoms with Crippen molar-refractivity contribution in [1.29, 1.82) is 0 Å². The predicted octanol–water partition coefficient (Wildman–Crippen LogP) is 4.00. The van der Waals surface area contributed by atoms with Crippen molar-refractivity contribution in [3.8, 4) is 11.5 Å². The molecule has 0 saturated carbocycles. The Balaban J connectivity index is 1.62. The van der Waals surface area contributed by atoms with Gasteiger partial charge in [-0.2, -0.15) is 0 Å². The van der Waals surface area contributed by atoms with Gasteiger partial charge in [0.25, 0.3) is 0 Å². The van der Waals surface area contributed by atoms with E-state index in [2.05, 4.69) is 29.1 Å². The average molecular weight is 338 g/mol. The first-order valence-corrected chi connectivity index (χ1v) is 8.36. The minimum atomic E-state index is -0.0378. The topological polar surface area (TPSA) is 73.0 Å². The van der Waals surface area contributed by atoms with Crippen molar-refractivity contribution >= 4 is 11.6 Å². The molecule has 0 aliphatic rings. The van der Waals surface area contributed by atoms with Crippen molar-refractivity contribution in [2.24, 2.45) is 0 Å². The molecule has 3 aromatic rings. The maximum atomic E-state index is 12.3. The van der Waals surface area contributed by atoms with Gasteiger partial charge in [0.2, 0.25) is 11.8 Å². The van der Waals surface area contributed by atoms with Gasteiger partial charge in [-0.1, -0.05) is 19.9 Å². The lowest BCUT2D eigenvalue weighted by Gasteiger charge is -2.10. The summed E-state index contributed by atoms with van der Waals surface area (Å²) in [5.74, 6) is 2.59. The highest BCUT2D eigenvalue weighted by Gasteiger charge is 2.10. The van der Waals surface area contributed by atoms with E-state index in [9.17, 15) is 4.79 Å². The van der Waals surface area contributed by atoms with Crippen LogP contribution in [-0.2, 0) is 11.3 Å². The molecule has 0 aliphatic heterocycles. The Morgan fingerprint density at radius 2 is 2.16 bits per heavy atom. The molecule has 2 heterocycles. The van der Waals surface area contributed by atoms with Gasteiger partial charge in [0.05, 0.1) is 6.20 Å². The predicted molar refractivity (Wildman–Crippen MR) is 96.2 cm³/mol. The van der Waals surface area contributed by atoms with Crippen molar-refractivity contribution < 1.29 is 9.21 Å². The van der Waals surface area contributed by atoms with Gasteiger partial charge in [-0.15, -0.1) is 0 Å². The number of rotatable bonds is 6. The number of aromatic nitrogens is 3. The second-order valence-corrected chi connectivity index (χ2v) is 6.29. The van der Waals surface area contributed by atoms with Crippen molar-refractivity contribution in [1.82, 2.24) is 14.5 Å². The third kappa shape index (κ3) is 4.15. The third-order valence-corrected chi connectivity index (χ3v) is 3.86. The maximum Gasteiger partial charge on any atom is 0.226 e. The first-order valence-electron chi connectivity index (χ1n) is 8.36. The smallest absolute Gasteiger partial charge is 0.226 e. The normalized spacial score (nSPS) is 11.0. The zero-order valence-electron chi connectivity index (χ0n) is 14.7. The first kappa shape index (κ1) is 17.0. The number of nitrogens with zero attached hydrogens (tertiary/aromatic N) is 3. The molecule has 2 aromatic heterocycles. The molecule has 0 bridgehead atoms. The number of hydrogen-bond acceptors (Lipinski definition) is 4. The lowest BCUT2D eigenvalue weighted by Crippen LogP contribution is -2.15. The number of amides is 1. The van der Waals surface area contributed by atoms with Crippen molar-refractivity contribution in [2.75, 3.05) is 5.32 Å². The van der Waals surface area contributed by atoms with Crippen LogP contribution in [0.3, 0.4) is 0 Å². The number of hydrogen-bond donors (Lipinski definition) is 1. The summed E-state index contributed by atoms with van der Waals surface area (Å²) in [4.78, 5) is 20.8. The zero-order valence-corrected chi connectivity index (χ0v) is 14.7. The molecule has 6 nitrogen and oxygen atoms in total. The lowest BCUT2D eigenvalue weighted by molar-refractivity contribution is -0.116. The average Bonchev–Trinajstić information content (AvgIpc) is 3.22. The molecule has 0 radical (unpaired) electrons. The van der Waals surface area contributed by atoms with Gasteiger partial charge in [-0.3, -0.25) is 4.79 Å². The van der Waals surface area contributed by atoms with Crippen molar-refractivity contribution in [3.05, 3.63) is 54.4 Å². The Bertz CT molecular complexity index is 864.